The highest BCUT2D eigenvalue weighted by Gasteiger charge is 2.31. The minimum absolute atomic E-state index is 0. The van der Waals surface area contributed by atoms with Crippen LogP contribution in [0.4, 0.5) is 0 Å². The number of ketones is 1. The maximum atomic E-state index is 12.8. The minimum atomic E-state index is 0. The zero-order valence-electron chi connectivity index (χ0n) is 12.0. The van der Waals surface area contributed by atoms with Crippen molar-refractivity contribution < 1.29 is 4.79 Å². The molecule has 1 aliphatic carbocycles. The Morgan fingerprint density at radius 3 is 2.55 bits per heavy atom. The first-order valence-electron chi connectivity index (χ1n) is 7.30. The molecular weight excluding hydrogens is 272 g/mol. The second kappa shape index (κ2) is 6.70. The lowest BCUT2D eigenvalue weighted by Gasteiger charge is -2.37. The van der Waals surface area contributed by atoms with Crippen molar-refractivity contribution in [2.45, 2.75) is 25.3 Å². The van der Waals surface area contributed by atoms with Crippen LogP contribution in [0.2, 0.25) is 0 Å². The fourth-order valence-electron chi connectivity index (χ4n) is 3.26. The second-order valence-electron chi connectivity index (χ2n) is 5.77. The second-order valence-corrected chi connectivity index (χ2v) is 5.77. The molecule has 0 N–H and O–H groups in total. The van der Waals surface area contributed by atoms with Crippen molar-refractivity contribution in [2.75, 3.05) is 33.2 Å². The van der Waals surface area contributed by atoms with Gasteiger partial charge in [0.1, 0.15) is 0 Å². The fourth-order valence-corrected chi connectivity index (χ4v) is 3.26. The number of likely N-dealkylation sites (N-methyl/N-ethyl adjacent to an activating group) is 1. The van der Waals surface area contributed by atoms with Gasteiger partial charge in [-0.05, 0) is 31.9 Å². The van der Waals surface area contributed by atoms with E-state index in [0.717, 1.165) is 51.0 Å². The SMILES string of the molecule is CN1CCN(C2CCCc3ccccc3C2=O)CC1.Cl. The summed E-state index contributed by atoms with van der Waals surface area (Å²) in [6.07, 6.45) is 3.18. The summed E-state index contributed by atoms with van der Waals surface area (Å²) < 4.78 is 0. The van der Waals surface area contributed by atoms with Crippen LogP contribution in [-0.2, 0) is 6.42 Å². The zero-order chi connectivity index (χ0) is 13.2. The smallest absolute Gasteiger partial charge is 0.180 e. The van der Waals surface area contributed by atoms with Crippen molar-refractivity contribution in [2.24, 2.45) is 0 Å². The van der Waals surface area contributed by atoms with Crippen molar-refractivity contribution in [1.29, 1.82) is 0 Å². The normalized spacial score (nSPS) is 24.6. The van der Waals surface area contributed by atoms with E-state index in [1.807, 2.05) is 18.2 Å². The van der Waals surface area contributed by atoms with E-state index in [-0.39, 0.29) is 18.4 Å². The van der Waals surface area contributed by atoms with Gasteiger partial charge < -0.3 is 4.90 Å². The van der Waals surface area contributed by atoms with Crippen LogP contribution in [0.25, 0.3) is 0 Å². The average Bonchev–Trinajstić information content (AvgIpc) is 2.60. The van der Waals surface area contributed by atoms with E-state index < -0.39 is 0 Å². The van der Waals surface area contributed by atoms with Crippen LogP contribution in [0.15, 0.2) is 24.3 Å². The fraction of sp³-hybridized carbons (Fsp3) is 0.562. The third-order valence-corrected chi connectivity index (χ3v) is 4.49. The molecule has 4 heteroatoms. The molecule has 0 saturated carbocycles. The highest BCUT2D eigenvalue weighted by Crippen LogP contribution is 2.24. The Kier molecular flexibility index (Phi) is 5.19. The highest BCUT2D eigenvalue weighted by molar-refractivity contribution is 6.01. The summed E-state index contributed by atoms with van der Waals surface area (Å²) >= 11 is 0. The summed E-state index contributed by atoms with van der Waals surface area (Å²) in [7, 11) is 2.15. The van der Waals surface area contributed by atoms with Gasteiger partial charge in [-0.2, -0.15) is 0 Å². The van der Waals surface area contributed by atoms with E-state index in [1.54, 1.807) is 0 Å². The molecule has 1 saturated heterocycles. The van der Waals surface area contributed by atoms with Gasteiger partial charge in [0.2, 0.25) is 0 Å². The van der Waals surface area contributed by atoms with Crippen LogP contribution in [-0.4, -0.2) is 54.9 Å². The van der Waals surface area contributed by atoms with Gasteiger partial charge in [-0.1, -0.05) is 24.3 Å². The third-order valence-electron chi connectivity index (χ3n) is 4.49. The Balaban J connectivity index is 0.00000147. The largest absolute Gasteiger partial charge is 0.304 e. The maximum absolute atomic E-state index is 12.8. The van der Waals surface area contributed by atoms with Gasteiger partial charge in [0, 0.05) is 31.7 Å². The Hall–Kier alpha value is -0.900. The summed E-state index contributed by atoms with van der Waals surface area (Å²) in [6.45, 7) is 4.20. The molecule has 3 rings (SSSR count). The first-order valence-corrected chi connectivity index (χ1v) is 7.30. The van der Waals surface area contributed by atoms with Gasteiger partial charge in [-0.3, -0.25) is 9.69 Å². The molecule has 1 unspecified atom stereocenters. The Labute approximate surface area is 127 Å². The number of piperazine rings is 1. The molecular formula is C16H23ClN2O. The van der Waals surface area contributed by atoms with E-state index in [9.17, 15) is 4.79 Å². The lowest BCUT2D eigenvalue weighted by Crippen LogP contribution is -2.51. The number of halogens is 1. The summed E-state index contributed by atoms with van der Waals surface area (Å²) in [6, 6.07) is 8.26. The molecule has 1 aromatic carbocycles. The van der Waals surface area contributed by atoms with Crippen molar-refractivity contribution in [3.63, 3.8) is 0 Å². The first-order chi connectivity index (χ1) is 9.25. The monoisotopic (exact) mass is 294 g/mol. The number of fused-ring (bicyclic) bond motifs is 1. The third kappa shape index (κ3) is 3.05. The molecule has 0 spiro atoms. The Morgan fingerprint density at radius 1 is 1.10 bits per heavy atom. The van der Waals surface area contributed by atoms with Gasteiger partial charge in [-0.25, -0.2) is 0 Å². The van der Waals surface area contributed by atoms with Crippen LogP contribution in [0, 0.1) is 0 Å². The number of rotatable bonds is 1. The molecule has 110 valence electrons. The highest BCUT2D eigenvalue weighted by atomic mass is 35.5. The predicted molar refractivity (Wildman–Crippen MR) is 83.8 cm³/mol. The molecule has 0 aromatic heterocycles. The molecule has 20 heavy (non-hydrogen) atoms. The lowest BCUT2D eigenvalue weighted by molar-refractivity contribution is 0.0691. The molecule has 1 aliphatic heterocycles. The number of benzene rings is 1. The van der Waals surface area contributed by atoms with Gasteiger partial charge in [0.25, 0.3) is 0 Å². The topological polar surface area (TPSA) is 23.6 Å². The van der Waals surface area contributed by atoms with Crippen LogP contribution in [0.3, 0.4) is 0 Å². The molecule has 2 aliphatic rings. The summed E-state index contributed by atoms with van der Waals surface area (Å²) in [5.74, 6) is 0.345. The number of carbonyl (C=O) groups is 1. The van der Waals surface area contributed by atoms with Crippen LogP contribution in [0.5, 0.6) is 0 Å². The van der Waals surface area contributed by atoms with Crippen molar-refractivity contribution in [3.8, 4) is 0 Å². The summed E-state index contributed by atoms with van der Waals surface area (Å²) in [4.78, 5) is 17.5. The zero-order valence-corrected chi connectivity index (χ0v) is 12.9. The van der Waals surface area contributed by atoms with Gasteiger partial charge in [0.05, 0.1) is 6.04 Å². The average molecular weight is 295 g/mol. The van der Waals surface area contributed by atoms with E-state index in [0.29, 0.717) is 5.78 Å². The van der Waals surface area contributed by atoms with E-state index in [1.165, 1.54) is 5.56 Å². The summed E-state index contributed by atoms with van der Waals surface area (Å²) in [5, 5.41) is 0. The number of Topliss-reactive ketones (excluding diaryl/α,β-unsaturated/α-hetero) is 1. The standard InChI is InChI=1S/C16H22N2O.ClH/c1-17-9-11-18(12-10-17)15-8-4-6-13-5-2-3-7-14(13)16(15)19;/h2-3,5,7,15H,4,6,8-12H2,1H3;1H. The van der Waals surface area contributed by atoms with Gasteiger partial charge in [0.15, 0.2) is 5.78 Å². The molecule has 1 heterocycles. The number of hydrogen-bond donors (Lipinski definition) is 0. The van der Waals surface area contributed by atoms with Crippen LogP contribution < -0.4 is 0 Å². The van der Waals surface area contributed by atoms with Gasteiger partial charge in [-0.15, -0.1) is 12.4 Å². The van der Waals surface area contributed by atoms with Crippen LogP contribution in [0.1, 0.15) is 28.8 Å². The summed E-state index contributed by atoms with van der Waals surface area (Å²) in [5.41, 5.74) is 2.20. The molecule has 0 amide bonds. The quantitative estimate of drug-likeness (QED) is 0.742. The first kappa shape index (κ1) is 15.5. The molecule has 0 bridgehead atoms. The molecule has 1 atom stereocenters. The van der Waals surface area contributed by atoms with Crippen LogP contribution >= 0.6 is 12.4 Å². The van der Waals surface area contributed by atoms with Crippen molar-refractivity contribution in [1.82, 2.24) is 9.80 Å². The lowest BCUT2D eigenvalue weighted by atomic mass is 9.99. The number of hydrogen-bond acceptors (Lipinski definition) is 3. The number of carbonyl (C=O) groups excluding carboxylic acids is 1. The Morgan fingerprint density at radius 2 is 1.80 bits per heavy atom. The Bertz CT molecular complexity index is 469. The van der Waals surface area contributed by atoms with E-state index in [2.05, 4.69) is 22.9 Å². The van der Waals surface area contributed by atoms with Crippen molar-refractivity contribution >= 4 is 18.2 Å². The van der Waals surface area contributed by atoms with E-state index >= 15 is 0 Å². The molecule has 1 aromatic rings. The predicted octanol–water partition coefficient (Wildman–Crippen LogP) is 2.24. The minimum Gasteiger partial charge on any atom is -0.304 e. The molecule has 3 nitrogen and oxygen atoms in total. The van der Waals surface area contributed by atoms with Gasteiger partial charge >= 0.3 is 0 Å². The van der Waals surface area contributed by atoms with E-state index in [4.69, 9.17) is 0 Å². The number of aryl methyl sites for hydroxylation is 1. The number of nitrogens with zero attached hydrogens (tertiary/aromatic N) is 2. The maximum Gasteiger partial charge on any atom is 0.180 e. The van der Waals surface area contributed by atoms with Crippen molar-refractivity contribution in [3.05, 3.63) is 35.4 Å². The molecule has 0 radical (unpaired) electrons. The molecule has 1 fully saturated rings.